The molecule has 4 nitrogen and oxygen atoms in total. The molecule has 2 aromatic heterocycles. The van der Waals surface area contributed by atoms with Crippen LogP contribution in [-0.4, -0.2) is 4.98 Å². The average Bonchev–Trinajstić information content (AvgIpc) is 3.71. The van der Waals surface area contributed by atoms with Crippen molar-refractivity contribution in [2.45, 2.75) is 0 Å². The summed E-state index contributed by atoms with van der Waals surface area (Å²) in [5, 5.41) is 4.35. The van der Waals surface area contributed by atoms with Gasteiger partial charge < -0.3 is 13.7 Å². The second-order valence-electron chi connectivity index (χ2n) is 11.2. The van der Waals surface area contributed by atoms with E-state index in [0.29, 0.717) is 11.5 Å². The van der Waals surface area contributed by atoms with Crippen molar-refractivity contribution in [1.82, 2.24) is 4.98 Å². The number of hydrogen-bond acceptors (Lipinski definition) is 4. The molecule has 0 fully saturated rings. The molecule has 212 valence electrons. The molecule has 0 aliphatic carbocycles. The molecule has 0 unspecified atom stereocenters. The van der Waals surface area contributed by atoms with Crippen LogP contribution in [0, 0.1) is 0 Å². The van der Waals surface area contributed by atoms with Crippen molar-refractivity contribution >= 4 is 60.9 Å². The number of benzene rings is 7. The monoisotopic (exact) mass is 578 g/mol. The summed E-state index contributed by atoms with van der Waals surface area (Å²) in [5.74, 6) is 0.571. The molecular weight excluding hydrogens is 552 g/mol. The third-order valence-electron chi connectivity index (χ3n) is 8.47. The van der Waals surface area contributed by atoms with Crippen LogP contribution in [-0.2, 0) is 0 Å². The number of para-hydroxylation sites is 1. The molecule has 0 saturated heterocycles. The minimum Gasteiger partial charge on any atom is -0.454 e. The molecule has 2 heterocycles. The Morgan fingerprint density at radius 3 is 1.89 bits per heavy atom. The molecule has 9 aromatic rings. The third-order valence-corrected chi connectivity index (χ3v) is 8.47. The Morgan fingerprint density at radius 1 is 0.444 bits per heavy atom. The highest BCUT2D eigenvalue weighted by Crippen LogP contribution is 2.47. The molecule has 4 heteroatoms. The first-order valence-corrected chi connectivity index (χ1v) is 15.0. The zero-order valence-electron chi connectivity index (χ0n) is 24.2. The molecule has 0 amide bonds. The van der Waals surface area contributed by atoms with Crippen LogP contribution in [0.1, 0.15) is 0 Å². The maximum atomic E-state index is 6.69. The van der Waals surface area contributed by atoms with Gasteiger partial charge in [-0.1, -0.05) is 109 Å². The van der Waals surface area contributed by atoms with Crippen molar-refractivity contribution in [1.29, 1.82) is 0 Å². The van der Waals surface area contributed by atoms with E-state index in [1.165, 1.54) is 10.9 Å². The maximum absolute atomic E-state index is 6.69. The van der Waals surface area contributed by atoms with Gasteiger partial charge in [0, 0.05) is 27.7 Å². The van der Waals surface area contributed by atoms with Crippen molar-refractivity contribution < 1.29 is 8.83 Å². The third kappa shape index (κ3) is 4.27. The summed E-state index contributed by atoms with van der Waals surface area (Å²) >= 11 is 0. The summed E-state index contributed by atoms with van der Waals surface area (Å²) in [6.07, 6.45) is 0. The van der Waals surface area contributed by atoms with Gasteiger partial charge in [0.15, 0.2) is 11.2 Å². The Hall–Kier alpha value is -6.13. The second-order valence-corrected chi connectivity index (χ2v) is 11.2. The fraction of sp³-hybridized carbons (Fsp3) is 0. The van der Waals surface area contributed by atoms with E-state index in [0.717, 1.165) is 61.0 Å². The Morgan fingerprint density at radius 2 is 1.09 bits per heavy atom. The fourth-order valence-corrected chi connectivity index (χ4v) is 6.29. The van der Waals surface area contributed by atoms with E-state index in [1.807, 2.05) is 54.6 Å². The van der Waals surface area contributed by atoms with E-state index >= 15 is 0 Å². The molecule has 0 spiro atoms. The van der Waals surface area contributed by atoms with Gasteiger partial charge in [-0.3, -0.25) is 0 Å². The molecule has 0 saturated carbocycles. The van der Waals surface area contributed by atoms with Crippen LogP contribution in [0.5, 0.6) is 0 Å². The first-order chi connectivity index (χ1) is 22.3. The van der Waals surface area contributed by atoms with Gasteiger partial charge in [0.05, 0.1) is 0 Å². The van der Waals surface area contributed by atoms with Gasteiger partial charge in [-0.15, -0.1) is 0 Å². The normalized spacial score (nSPS) is 11.6. The first-order valence-electron chi connectivity index (χ1n) is 15.0. The number of rotatable bonds is 5. The van der Waals surface area contributed by atoms with Gasteiger partial charge in [0.2, 0.25) is 5.89 Å². The number of oxazole rings is 1. The molecule has 0 N–H and O–H groups in total. The van der Waals surface area contributed by atoms with Crippen molar-refractivity contribution in [3.8, 4) is 22.6 Å². The van der Waals surface area contributed by atoms with Crippen LogP contribution < -0.4 is 4.90 Å². The summed E-state index contributed by atoms with van der Waals surface area (Å²) < 4.78 is 13.2. The molecule has 45 heavy (non-hydrogen) atoms. The summed E-state index contributed by atoms with van der Waals surface area (Å²) in [4.78, 5) is 7.39. The fourth-order valence-electron chi connectivity index (χ4n) is 6.29. The molecule has 0 atom stereocenters. The topological polar surface area (TPSA) is 42.4 Å². The van der Waals surface area contributed by atoms with E-state index in [2.05, 4.69) is 108 Å². The van der Waals surface area contributed by atoms with Crippen molar-refractivity contribution in [2.75, 3.05) is 4.90 Å². The minimum absolute atomic E-state index is 0.571. The van der Waals surface area contributed by atoms with Gasteiger partial charge >= 0.3 is 0 Å². The van der Waals surface area contributed by atoms with Crippen LogP contribution in [0.15, 0.2) is 167 Å². The number of hydrogen-bond donors (Lipinski definition) is 0. The Bertz CT molecular complexity index is 2480. The zero-order valence-corrected chi connectivity index (χ0v) is 24.2. The molecular formula is C41H26N2O2. The molecule has 9 rings (SSSR count). The summed E-state index contributed by atoms with van der Waals surface area (Å²) in [6, 6.07) is 54.4. The first kappa shape index (κ1) is 25.4. The van der Waals surface area contributed by atoms with Gasteiger partial charge in [0.25, 0.3) is 0 Å². The summed E-state index contributed by atoms with van der Waals surface area (Å²) in [5.41, 5.74) is 9.10. The molecule has 0 aliphatic heterocycles. The van der Waals surface area contributed by atoms with Gasteiger partial charge in [-0.2, -0.15) is 0 Å². The van der Waals surface area contributed by atoms with Gasteiger partial charge in [-0.05, 0) is 70.4 Å². The van der Waals surface area contributed by atoms with E-state index < -0.39 is 0 Å². The standard InChI is InChI=1S/C41H26N2O2/c1-3-11-27(12-4-1)29-19-22-32(23-20-29)43(33-24-21-28-13-7-8-16-31(28)25-33)39-38-37(45-41(42-38)30-14-5-2-6-15-30)26-35-34-17-9-10-18-36(34)44-40(35)39/h1-26H. The number of furan rings is 1. The molecule has 0 radical (unpaired) electrons. The predicted octanol–water partition coefficient (Wildman–Crippen LogP) is 11.7. The lowest BCUT2D eigenvalue weighted by Crippen LogP contribution is -2.11. The lowest BCUT2D eigenvalue weighted by atomic mass is 10.0. The number of aromatic nitrogens is 1. The Labute approximate surface area is 259 Å². The highest BCUT2D eigenvalue weighted by Gasteiger charge is 2.26. The van der Waals surface area contributed by atoms with E-state index in [4.69, 9.17) is 13.8 Å². The molecule has 7 aromatic carbocycles. The summed E-state index contributed by atoms with van der Waals surface area (Å²) in [7, 11) is 0. The Balaban J connectivity index is 1.36. The molecule has 0 aliphatic rings. The van der Waals surface area contributed by atoms with Crippen LogP contribution in [0.2, 0.25) is 0 Å². The van der Waals surface area contributed by atoms with E-state index in [9.17, 15) is 0 Å². The van der Waals surface area contributed by atoms with Gasteiger partial charge in [-0.25, -0.2) is 4.98 Å². The highest BCUT2D eigenvalue weighted by atomic mass is 16.4. The van der Waals surface area contributed by atoms with E-state index in [1.54, 1.807) is 0 Å². The van der Waals surface area contributed by atoms with Crippen molar-refractivity contribution in [3.05, 3.63) is 158 Å². The molecule has 0 bridgehead atoms. The van der Waals surface area contributed by atoms with E-state index in [-0.39, 0.29) is 0 Å². The quantitative estimate of drug-likeness (QED) is 0.204. The summed E-state index contributed by atoms with van der Waals surface area (Å²) in [6.45, 7) is 0. The van der Waals surface area contributed by atoms with Crippen LogP contribution in [0.3, 0.4) is 0 Å². The number of anilines is 3. The highest BCUT2D eigenvalue weighted by molar-refractivity contribution is 6.18. The zero-order chi connectivity index (χ0) is 29.7. The maximum Gasteiger partial charge on any atom is 0.227 e. The smallest absolute Gasteiger partial charge is 0.227 e. The lowest BCUT2D eigenvalue weighted by molar-refractivity contribution is 0.620. The SMILES string of the molecule is c1ccc(-c2ccc(N(c3ccc4ccccc4c3)c3c4nc(-c5ccccc5)oc4cc4c3oc3ccccc34)cc2)cc1. The number of nitrogens with zero attached hydrogens (tertiary/aromatic N) is 2. The predicted molar refractivity (Wildman–Crippen MR) is 184 cm³/mol. The average molecular weight is 579 g/mol. The lowest BCUT2D eigenvalue weighted by Gasteiger charge is -2.26. The van der Waals surface area contributed by atoms with Gasteiger partial charge in [0.1, 0.15) is 16.8 Å². The van der Waals surface area contributed by atoms with Crippen LogP contribution >= 0.6 is 0 Å². The van der Waals surface area contributed by atoms with Crippen LogP contribution in [0.4, 0.5) is 17.1 Å². The number of fused-ring (bicyclic) bond motifs is 5. The van der Waals surface area contributed by atoms with Crippen LogP contribution in [0.25, 0.3) is 66.4 Å². The van der Waals surface area contributed by atoms with Crippen molar-refractivity contribution in [2.24, 2.45) is 0 Å². The minimum atomic E-state index is 0.571. The largest absolute Gasteiger partial charge is 0.454 e. The van der Waals surface area contributed by atoms with Crippen molar-refractivity contribution in [3.63, 3.8) is 0 Å². The Kier molecular flexibility index (Phi) is 5.78. The second kappa shape index (κ2) is 10.2.